The summed E-state index contributed by atoms with van der Waals surface area (Å²) in [6.45, 7) is 6.55. The topological polar surface area (TPSA) is 101 Å². The number of ether oxygens (including phenoxy) is 2. The first-order chi connectivity index (χ1) is 19.6. The fourth-order valence-corrected chi connectivity index (χ4v) is 6.49. The molecule has 4 heterocycles. The van der Waals surface area contributed by atoms with Gasteiger partial charge in [0.1, 0.15) is 6.04 Å². The second kappa shape index (κ2) is 10.7. The van der Waals surface area contributed by atoms with Crippen LogP contribution in [0.3, 0.4) is 0 Å². The fourth-order valence-electron chi connectivity index (χ4n) is 6.49. The summed E-state index contributed by atoms with van der Waals surface area (Å²) < 4.78 is 13.1. The Labute approximate surface area is 232 Å². The summed E-state index contributed by atoms with van der Waals surface area (Å²) in [6, 6.07) is 14.3. The lowest BCUT2D eigenvalue weighted by atomic mass is 9.95. The molecule has 1 saturated heterocycles. The third-order valence-corrected chi connectivity index (χ3v) is 8.62. The first-order valence-corrected chi connectivity index (χ1v) is 14.4. The lowest BCUT2D eigenvalue weighted by molar-refractivity contribution is 0.0982. The Hall–Kier alpha value is -3.76. The lowest BCUT2D eigenvalue weighted by Crippen LogP contribution is -2.48. The molecular formula is C30H35N7O3. The number of benzene rings is 2. The van der Waals surface area contributed by atoms with Gasteiger partial charge in [0, 0.05) is 43.8 Å². The molecule has 10 nitrogen and oxygen atoms in total. The predicted octanol–water partition coefficient (Wildman–Crippen LogP) is 3.96. The Morgan fingerprint density at radius 3 is 2.65 bits per heavy atom. The van der Waals surface area contributed by atoms with Crippen LogP contribution in [0.2, 0.25) is 0 Å². The monoisotopic (exact) mass is 541 g/mol. The molecule has 2 aromatic heterocycles. The molecule has 1 saturated carbocycles. The highest BCUT2D eigenvalue weighted by Crippen LogP contribution is 2.35. The third kappa shape index (κ3) is 4.86. The van der Waals surface area contributed by atoms with Crippen molar-refractivity contribution < 1.29 is 9.47 Å². The van der Waals surface area contributed by atoms with Gasteiger partial charge in [0.2, 0.25) is 6.79 Å². The molecule has 1 N–H and O–H groups in total. The highest BCUT2D eigenvalue weighted by molar-refractivity contribution is 5.79. The Morgan fingerprint density at radius 1 is 0.975 bits per heavy atom. The number of H-pyrrole nitrogens is 1. The minimum absolute atomic E-state index is 0.0812. The molecule has 10 heteroatoms. The number of fused-ring (bicyclic) bond motifs is 2. The second-order valence-corrected chi connectivity index (χ2v) is 11.3. The number of hydrogen-bond donors (Lipinski definition) is 1. The summed E-state index contributed by atoms with van der Waals surface area (Å²) in [5, 5.41) is 14.2. The molecule has 7 rings (SSSR count). The maximum Gasteiger partial charge on any atom is 0.253 e. The summed E-state index contributed by atoms with van der Waals surface area (Å²) in [7, 11) is 0. The quantitative estimate of drug-likeness (QED) is 0.392. The van der Waals surface area contributed by atoms with Crippen molar-refractivity contribution in [1.29, 1.82) is 0 Å². The molecule has 3 aliphatic rings. The van der Waals surface area contributed by atoms with E-state index in [2.05, 4.69) is 55.4 Å². The number of nitrogens with one attached hydrogen (secondary N) is 1. The van der Waals surface area contributed by atoms with Crippen LogP contribution in [0, 0.1) is 6.92 Å². The first-order valence-electron chi connectivity index (χ1n) is 14.4. The zero-order valence-electron chi connectivity index (χ0n) is 22.9. The molecule has 0 amide bonds. The van der Waals surface area contributed by atoms with Gasteiger partial charge in [-0.15, -0.1) is 5.10 Å². The fraction of sp³-hybridized carbons (Fsp3) is 0.467. The third-order valence-electron chi connectivity index (χ3n) is 8.62. The van der Waals surface area contributed by atoms with Crippen LogP contribution in [0.25, 0.3) is 10.9 Å². The van der Waals surface area contributed by atoms with E-state index in [1.54, 1.807) is 0 Å². The predicted molar refractivity (Wildman–Crippen MR) is 151 cm³/mol. The van der Waals surface area contributed by atoms with Crippen LogP contribution < -0.4 is 15.0 Å². The van der Waals surface area contributed by atoms with Gasteiger partial charge < -0.3 is 14.5 Å². The van der Waals surface area contributed by atoms with E-state index in [1.165, 1.54) is 24.8 Å². The van der Waals surface area contributed by atoms with E-state index >= 15 is 0 Å². The minimum atomic E-state index is -0.321. The highest BCUT2D eigenvalue weighted by atomic mass is 16.7. The SMILES string of the molecule is Cc1ccc2[nH]c(=O)c(C(c3nnnn3C3CCCCC3)N3CCN(Cc4ccc5c(c4)OCO5)CC3)cc2c1. The Morgan fingerprint density at radius 2 is 1.80 bits per heavy atom. The maximum absolute atomic E-state index is 13.6. The summed E-state index contributed by atoms with van der Waals surface area (Å²) in [5.74, 6) is 2.40. The van der Waals surface area contributed by atoms with Crippen molar-refractivity contribution in [3.63, 3.8) is 0 Å². The number of aromatic nitrogens is 5. The Kier molecular flexibility index (Phi) is 6.73. The molecule has 1 unspecified atom stereocenters. The molecule has 0 bridgehead atoms. The molecule has 2 aliphatic heterocycles. The molecule has 0 radical (unpaired) electrons. The molecule has 40 heavy (non-hydrogen) atoms. The number of rotatable bonds is 6. The van der Waals surface area contributed by atoms with Crippen molar-refractivity contribution >= 4 is 10.9 Å². The average molecular weight is 542 g/mol. The van der Waals surface area contributed by atoms with E-state index in [9.17, 15) is 4.79 Å². The van der Waals surface area contributed by atoms with Crippen molar-refractivity contribution in [1.82, 2.24) is 35.0 Å². The number of hydrogen-bond acceptors (Lipinski definition) is 8. The Bertz CT molecular complexity index is 1570. The van der Waals surface area contributed by atoms with Gasteiger partial charge in [-0.25, -0.2) is 4.68 Å². The van der Waals surface area contributed by atoms with Gasteiger partial charge in [0.25, 0.3) is 5.56 Å². The smallest absolute Gasteiger partial charge is 0.253 e. The molecule has 4 aromatic rings. The van der Waals surface area contributed by atoms with Gasteiger partial charge >= 0.3 is 0 Å². The zero-order valence-corrected chi connectivity index (χ0v) is 22.9. The largest absolute Gasteiger partial charge is 0.454 e. The minimum Gasteiger partial charge on any atom is -0.454 e. The van der Waals surface area contributed by atoms with E-state index < -0.39 is 0 Å². The summed E-state index contributed by atoms with van der Waals surface area (Å²) in [4.78, 5) is 21.6. The number of aryl methyl sites for hydroxylation is 1. The van der Waals surface area contributed by atoms with Gasteiger partial charge in [0.05, 0.1) is 6.04 Å². The Balaban J connectivity index is 1.19. The molecule has 1 aliphatic carbocycles. The van der Waals surface area contributed by atoms with Crippen LogP contribution in [-0.2, 0) is 6.54 Å². The van der Waals surface area contributed by atoms with E-state index in [1.807, 2.05) is 28.9 Å². The molecule has 208 valence electrons. The van der Waals surface area contributed by atoms with Crippen LogP contribution in [0.5, 0.6) is 11.5 Å². The van der Waals surface area contributed by atoms with Gasteiger partial charge in [0.15, 0.2) is 17.3 Å². The highest BCUT2D eigenvalue weighted by Gasteiger charge is 2.34. The van der Waals surface area contributed by atoms with Crippen LogP contribution in [0.1, 0.15) is 66.7 Å². The van der Waals surface area contributed by atoms with Gasteiger partial charge in [-0.3, -0.25) is 14.6 Å². The molecular weight excluding hydrogens is 506 g/mol. The van der Waals surface area contributed by atoms with Crippen LogP contribution in [0.15, 0.2) is 47.3 Å². The van der Waals surface area contributed by atoms with Crippen LogP contribution in [0.4, 0.5) is 0 Å². The number of aromatic amines is 1. The van der Waals surface area contributed by atoms with E-state index in [-0.39, 0.29) is 24.4 Å². The zero-order chi connectivity index (χ0) is 27.1. The number of piperazine rings is 1. The molecule has 2 fully saturated rings. The maximum atomic E-state index is 13.6. The van der Waals surface area contributed by atoms with Crippen LogP contribution >= 0.6 is 0 Å². The van der Waals surface area contributed by atoms with Gasteiger partial charge in [-0.1, -0.05) is 37.0 Å². The average Bonchev–Trinajstić information content (AvgIpc) is 3.65. The number of tetrazole rings is 1. The molecule has 0 spiro atoms. The van der Waals surface area contributed by atoms with E-state index in [0.717, 1.165) is 79.4 Å². The number of pyridine rings is 1. The normalized spacial score (nSPS) is 19.3. The van der Waals surface area contributed by atoms with Crippen molar-refractivity contribution in [3.05, 3.63) is 75.3 Å². The molecule has 1 atom stereocenters. The van der Waals surface area contributed by atoms with E-state index in [4.69, 9.17) is 9.47 Å². The van der Waals surface area contributed by atoms with Crippen molar-refractivity contribution in [2.45, 2.75) is 57.7 Å². The standard InChI is InChI=1S/C30H35N7O3/c1-20-7-9-25-22(15-20)17-24(30(38)31-25)28(29-32-33-34-37(29)23-5-3-2-4-6-23)36-13-11-35(12-14-36)18-21-8-10-26-27(16-21)40-19-39-26/h7-10,15-17,23,28H,2-6,11-14,18-19H2,1H3,(H,31,38). The number of nitrogens with zero attached hydrogens (tertiary/aromatic N) is 6. The summed E-state index contributed by atoms with van der Waals surface area (Å²) in [6.07, 6.45) is 5.76. The second-order valence-electron chi connectivity index (χ2n) is 11.3. The van der Waals surface area contributed by atoms with Gasteiger partial charge in [-0.05, 0) is 71.5 Å². The van der Waals surface area contributed by atoms with E-state index in [0.29, 0.717) is 5.56 Å². The van der Waals surface area contributed by atoms with Crippen molar-refractivity contribution in [2.75, 3.05) is 33.0 Å². The van der Waals surface area contributed by atoms with Crippen molar-refractivity contribution in [2.24, 2.45) is 0 Å². The first kappa shape index (κ1) is 25.2. The van der Waals surface area contributed by atoms with Crippen molar-refractivity contribution in [3.8, 4) is 11.5 Å². The lowest BCUT2D eigenvalue weighted by Gasteiger charge is -2.39. The summed E-state index contributed by atoms with van der Waals surface area (Å²) >= 11 is 0. The van der Waals surface area contributed by atoms with Crippen LogP contribution in [-0.4, -0.2) is 68.0 Å². The molecule has 2 aromatic carbocycles. The van der Waals surface area contributed by atoms with Gasteiger partial charge in [-0.2, -0.15) is 0 Å². The summed E-state index contributed by atoms with van der Waals surface area (Å²) in [5.41, 5.74) is 3.83.